The van der Waals surface area contributed by atoms with Gasteiger partial charge in [0, 0.05) is 32.8 Å². The zero-order chi connectivity index (χ0) is 10.6. The summed E-state index contributed by atoms with van der Waals surface area (Å²) in [7, 11) is 3.90. The molecule has 0 aromatic carbocycles. The monoisotopic (exact) mass is 195 g/mol. The van der Waals surface area contributed by atoms with Gasteiger partial charge in [-0.15, -0.1) is 0 Å². The van der Waals surface area contributed by atoms with Crippen LogP contribution >= 0.6 is 0 Å². The molecule has 0 aliphatic rings. The van der Waals surface area contributed by atoms with Crippen LogP contribution in [0.5, 0.6) is 0 Å². The Balaban J connectivity index is 2.33. The highest BCUT2D eigenvalue weighted by atomic mass is 15.3. The molecule has 1 aromatic rings. The van der Waals surface area contributed by atoms with Crippen molar-refractivity contribution in [3.05, 3.63) is 18.0 Å². The predicted molar refractivity (Wildman–Crippen MR) is 56.1 cm³/mol. The summed E-state index contributed by atoms with van der Waals surface area (Å²) in [6.07, 6.45) is 2.54. The molecule has 1 heterocycles. The average Bonchev–Trinajstić information content (AvgIpc) is 2.48. The second-order valence-corrected chi connectivity index (χ2v) is 3.49. The van der Waals surface area contributed by atoms with E-state index >= 15 is 0 Å². The summed E-state index contributed by atoms with van der Waals surface area (Å²) in [5.41, 5.74) is 6.32. The van der Waals surface area contributed by atoms with E-state index in [2.05, 4.69) is 10.00 Å². The van der Waals surface area contributed by atoms with Gasteiger partial charge in [0.05, 0.1) is 11.5 Å². The van der Waals surface area contributed by atoms with E-state index in [0.29, 0.717) is 6.42 Å². The lowest BCUT2D eigenvalue weighted by molar-refractivity contribution is 0.331. The maximum atomic E-state index is 7.10. The van der Waals surface area contributed by atoms with Crippen molar-refractivity contribution in [2.75, 3.05) is 13.6 Å². The Morgan fingerprint density at radius 3 is 2.93 bits per heavy atom. The minimum absolute atomic E-state index is 0.234. The smallest absolute Gasteiger partial charge is 0.0918 e. The molecule has 14 heavy (non-hydrogen) atoms. The number of aryl methyl sites for hydroxylation is 1. The Hall–Kier alpha value is -1.36. The van der Waals surface area contributed by atoms with Crippen molar-refractivity contribution in [1.82, 2.24) is 14.7 Å². The minimum atomic E-state index is 0.234. The van der Waals surface area contributed by atoms with Crippen LogP contribution in [0.2, 0.25) is 0 Å². The maximum absolute atomic E-state index is 7.10. The Labute approximate surface area is 84.0 Å². The molecule has 0 aliphatic heterocycles. The number of hydrogen-bond acceptors (Lipinski definition) is 3. The van der Waals surface area contributed by atoms with Crippen molar-refractivity contribution in [3.8, 4) is 0 Å². The summed E-state index contributed by atoms with van der Waals surface area (Å²) >= 11 is 0. The predicted octanol–water partition coefficient (Wildman–Crippen LogP) is 0.178. The van der Waals surface area contributed by atoms with Crippen LogP contribution in [0, 0.1) is 5.41 Å². The van der Waals surface area contributed by atoms with Gasteiger partial charge in [-0.1, -0.05) is 0 Å². The standard InChI is InChI=1S/C9H17N5/c1-13(5-4-9(10)11)7-8-3-6-14(2)12-8/h3,6H,4-5,7H2,1-2H3,(H3,10,11). The fraction of sp³-hybridized carbons (Fsp3) is 0.556. The molecule has 5 nitrogen and oxygen atoms in total. The van der Waals surface area contributed by atoms with Crippen molar-refractivity contribution >= 4 is 5.84 Å². The first-order valence-corrected chi connectivity index (χ1v) is 4.58. The molecule has 5 heteroatoms. The molecule has 1 rings (SSSR count). The van der Waals surface area contributed by atoms with Gasteiger partial charge in [0.2, 0.25) is 0 Å². The molecule has 0 amide bonds. The number of aromatic nitrogens is 2. The van der Waals surface area contributed by atoms with Gasteiger partial charge in [0.15, 0.2) is 0 Å². The van der Waals surface area contributed by atoms with Crippen molar-refractivity contribution in [3.63, 3.8) is 0 Å². The van der Waals surface area contributed by atoms with Gasteiger partial charge in [-0.3, -0.25) is 10.1 Å². The van der Waals surface area contributed by atoms with Crippen LogP contribution in [0.25, 0.3) is 0 Å². The third-order valence-electron chi connectivity index (χ3n) is 1.96. The Bertz CT molecular complexity index is 304. The fourth-order valence-electron chi connectivity index (χ4n) is 1.21. The normalized spacial score (nSPS) is 10.8. The van der Waals surface area contributed by atoms with Crippen LogP contribution in [-0.4, -0.2) is 34.1 Å². The van der Waals surface area contributed by atoms with Gasteiger partial charge in [-0.2, -0.15) is 5.10 Å². The second-order valence-electron chi connectivity index (χ2n) is 3.49. The lowest BCUT2D eigenvalue weighted by Gasteiger charge is -2.14. The molecule has 0 bridgehead atoms. The lowest BCUT2D eigenvalue weighted by Crippen LogP contribution is -2.24. The number of nitrogens with zero attached hydrogens (tertiary/aromatic N) is 3. The number of nitrogens with two attached hydrogens (primary N) is 1. The van der Waals surface area contributed by atoms with Crippen molar-refractivity contribution < 1.29 is 0 Å². The summed E-state index contributed by atoms with van der Waals surface area (Å²) in [6.45, 7) is 1.60. The molecule has 0 spiro atoms. The SMILES string of the molecule is CN(CCC(=N)N)Cc1ccn(C)n1. The van der Waals surface area contributed by atoms with Gasteiger partial charge < -0.3 is 10.6 Å². The van der Waals surface area contributed by atoms with Crippen LogP contribution in [0.1, 0.15) is 12.1 Å². The lowest BCUT2D eigenvalue weighted by atomic mass is 10.3. The van der Waals surface area contributed by atoms with Crippen molar-refractivity contribution in [2.45, 2.75) is 13.0 Å². The molecule has 0 saturated carbocycles. The van der Waals surface area contributed by atoms with Crippen molar-refractivity contribution in [1.29, 1.82) is 5.41 Å². The summed E-state index contributed by atoms with van der Waals surface area (Å²) in [4.78, 5) is 2.10. The number of amidine groups is 1. The Morgan fingerprint density at radius 2 is 2.43 bits per heavy atom. The first-order chi connectivity index (χ1) is 6.58. The molecule has 3 N–H and O–H groups in total. The van der Waals surface area contributed by atoms with E-state index < -0.39 is 0 Å². The highest BCUT2D eigenvalue weighted by Crippen LogP contribution is 1.99. The summed E-state index contributed by atoms with van der Waals surface area (Å²) in [5, 5.41) is 11.4. The van der Waals surface area contributed by atoms with Crippen LogP contribution in [-0.2, 0) is 13.6 Å². The van der Waals surface area contributed by atoms with Gasteiger partial charge in [-0.05, 0) is 13.1 Å². The Kier molecular flexibility index (Phi) is 3.64. The molecule has 0 atom stereocenters. The molecule has 78 valence electrons. The molecule has 1 aromatic heterocycles. The average molecular weight is 195 g/mol. The molecule has 0 aliphatic carbocycles. The summed E-state index contributed by atoms with van der Waals surface area (Å²) < 4.78 is 1.79. The van der Waals surface area contributed by atoms with E-state index in [9.17, 15) is 0 Å². The molecule has 0 unspecified atom stereocenters. The van der Waals surface area contributed by atoms with Gasteiger partial charge in [0.25, 0.3) is 0 Å². The maximum Gasteiger partial charge on any atom is 0.0918 e. The van der Waals surface area contributed by atoms with E-state index in [4.69, 9.17) is 11.1 Å². The molecular formula is C9H17N5. The van der Waals surface area contributed by atoms with E-state index in [-0.39, 0.29) is 5.84 Å². The molecular weight excluding hydrogens is 178 g/mol. The highest BCUT2D eigenvalue weighted by molar-refractivity contribution is 5.76. The van der Waals surface area contributed by atoms with Crippen LogP contribution in [0.3, 0.4) is 0 Å². The van der Waals surface area contributed by atoms with E-state index in [1.54, 1.807) is 4.68 Å². The number of nitrogens with one attached hydrogen (secondary N) is 1. The topological polar surface area (TPSA) is 70.9 Å². The highest BCUT2D eigenvalue weighted by Gasteiger charge is 2.02. The van der Waals surface area contributed by atoms with E-state index in [0.717, 1.165) is 18.8 Å². The van der Waals surface area contributed by atoms with Crippen LogP contribution in [0.15, 0.2) is 12.3 Å². The molecule has 0 radical (unpaired) electrons. The van der Waals surface area contributed by atoms with Gasteiger partial charge >= 0.3 is 0 Å². The largest absolute Gasteiger partial charge is 0.388 e. The van der Waals surface area contributed by atoms with Gasteiger partial charge in [-0.25, -0.2) is 0 Å². The molecule has 0 fully saturated rings. The quantitative estimate of drug-likeness (QED) is 0.520. The second kappa shape index (κ2) is 4.76. The first-order valence-electron chi connectivity index (χ1n) is 4.58. The van der Waals surface area contributed by atoms with Gasteiger partial charge in [0.1, 0.15) is 0 Å². The number of hydrogen-bond donors (Lipinski definition) is 2. The fourth-order valence-corrected chi connectivity index (χ4v) is 1.21. The zero-order valence-corrected chi connectivity index (χ0v) is 8.70. The molecule has 0 saturated heterocycles. The van der Waals surface area contributed by atoms with E-state index in [1.165, 1.54) is 0 Å². The zero-order valence-electron chi connectivity index (χ0n) is 8.70. The third kappa shape index (κ3) is 3.57. The Morgan fingerprint density at radius 1 is 1.71 bits per heavy atom. The third-order valence-corrected chi connectivity index (χ3v) is 1.96. The van der Waals surface area contributed by atoms with Crippen LogP contribution < -0.4 is 5.73 Å². The van der Waals surface area contributed by atoms with Crippen LogP contribution in [0.4, 0.5) is 0 Å². The minimum Gasteiger partial charge on any atom is -0.388 e. The first kappa shape index (κ1) is 10.7. The van der Waals surface area contributed by atoms with Crippen molar-refractivity contribution in [2.24, 2.45) is 12.8 Å². The van der Waals surface area contributed by atoms with E-state index in [1.807, 2.05) is 26.4 Å². The summed E-state index contributed by atoms with van der Waals surface area (Å²) in [6, 6.07) is 1.99. The summed E-state index contributed by atoms with van der Waals surface area (Å²) in [5.74, 6) is 0.234. The number of rotatable bonds is 5.